The SMILES string of the molecule is CN(CC(C)(C)CN)S(=O)(=O)c1ccc(OCC2CCOC2)c(F)c1.Cl. The molecule has 2 rings (SSSR count). The van der Waals surface area contributed by atoms with Crippen molar-refractivity contribution >= 4 is 22.4 Å². The quantitative estimate of drug-likeness (QED) is 0.710. The zero-order valence-corrected chi connectivity index (χ0v) is 17.0. The third-order valence-electron chi connectivity index (χ3n) is 4.31. The van der Waals surface area contributed by atoms with Gasteiger partial charge in [0.05, 0.1) is 18.1 Å². The van der Waals surface area contributed by atoms with Crippen molar-refractivity contribution in [2.75, 3.05) is 40.0 Å². The Bertz CT molecular complexity index is 694. The van der Waals surface area contributed by atoms with Crippen LogP contribution in [0.4, 0.5) is 4.39 Å². The van der Waals surface area contributed by atoms with Gasteiger partial charge in [-0.25, -0.2) is 17.1 Å². The van der Waals surface area contributed by atoms with Gasteiger partial charge in [0.1, 0.15) is 0 Å². The zero-order valence-electron chi connectivity index (χ0n) is 15.4. The van der Waals surface area contributed by atoms with E-state index >= 15 is 0 Å². The highest BCUT2D eigenvalue weighted by molar-refractivity contribution is 7.89. The first-order valence-electron chi connectivity index (χ1n) is 8.32. The van der Waals surface area contributed by atoms with Crippen LogP contribution >= 0.6 is 12.4 Å². The number of rotatable bonds is 8. The van der Waals surface area contributed by atoms with E-state index in [-0.39, 0.29) is 40.9 Å². The smallest absolute Gasteiger partial charge is 0.242 e. The standard InChI is InChI=1S/C17H27FN2O4S.ClH/c1-17(2,11-19)12-20(3)25(21,22)14-4-5-16(15(18)8-14)24-10-13-6-7-23-9-13;/h4-5,8,13H,6-7,9-12,19H2,1-3H3;1H. The zero-order chi connectivity index (χ0) is 18.7. The minimum atomic E-state index is -3.79. The number of hydrogen-bond donors (Lipinski definition) is 1. The van der Waals surface area contributed by atoms with Crippen LogP contribution in [0, 0.1) is 17.2 Å². The summed E-state index contributed by atoms with van der Waals surface area (Å²) in [4.78, 5) is -0.100. The van der Waals surface area contributed by atoms with Gasteiger partial charge in [0.2, 0.25) is 10.0 Å². The van der Waals surface area contributed by atoms with E-state index in [0.29, 0.717) is 26.4 Å². The van der Waals surface area contributed by atoms with Gasteiger partial charge in [-0.05, 0) is 36.6 Å². The lowest BCUT2D eigenvalue weighted by molar-refractivity contribution is 0.165. The Labute approximate surface area is 161 Å². The van der Waals surface area contributed by atoms with Crippen LogP contribution in [0.5, 0.6) is 5.75 Å². The summed E-state index contributed by atoms with van der Waals surface area (Å²) in [5.41, 5.74) is 5.29. The highest BCUT2D eigenvalue weighted by atomic mass is 35.5. The highest BCUT2D eigenvalue weighted by Gasteiger charge is 2.28. The lowest BCUT2D eigenvalue weighted by Gasteiger charge is -2.28. The molecule has 0 aromatic heterocycles. The van der Waals surface area contributed by atoms with Gasteiger partial charge in [-0.2, -0.15) is 0 Å². The van der Waals surface area contributed by atoms with Crippen LogP contribution in [0.15, 0.2) is 23.1 Å². The van der Waals surface area contributed by atoms with E-state index in [0.717, 1.165) is 12.5 Å². The van der Waals surface area contributed by atoms with Crippen molar-refractivity contribution in [2.45, 2.75) is 25.2 Å². The fourth-order valence-electron chi connectivity index (χ4n) is 2.61. The Morgan fingerprint density at radius 2 is 2.12 bits per heavy atom. The number of benzene rings is 1. The number of hydrogen-bond acceptors (Lipinski definition) is 5. The molecule has 1 heterocycles. The summed E-state index contributed by atoms with van der Waals surface area (Å²) in [5, 5.41) is 0. The number of ether oxygens (including phenoxy) is 2. The van der Waals surface area contributed by atoms with Crippen LogP contribution in [-0.4, -0.2) is 52.7 Å². The van der Waals surface area contributed by atoms with Gasteiger partial charge in [0.25, 0.3) is 0 Å². The maximum atomic E-state index is 14.3. The Morgan fingerprint density at radius 1 is 1.42 bits per heavy atom. The average Bonchev–Trinajstić information content (AvgIpc) is 3.06. The van der Waals surface area contributed by atoms with Crippen molar-refractivity contribution in [3.05, 3.63) is 24.0 Å². The van der Waals surface area contributed by atoms with Crippen molar-refractivity contribution in [3.63, 3.8) is 0 Å². The number of sulfonamides is 1. The molecular formula is C17H28ClFN2O4S. The molecule has 2 N–H and O–H groups in total. The molecule has 1 atom stereocenters. The Balaban J connectivity index is 0.00000338. The molecule has 0 radical (unpaired) electrons. The van der Waals surface area contributed by atoms with E-state index < -0.39 is 15.8 Å². The molecule has 1 unspecified atom stereocenters. The summed E-state index contributed by atoms with van der Waals surface area (Å²) in [7, 11) is -2.32. The van der Waals surface area contributed by atoms with Crippen LogP contribution in [0.25, 0.3) is 0 Å². The van der Waals surface area contributed by atoms with Crippen LogP contribution < -0.4 is 10.5 Å². The molecule has 0 aliphatic carbocycles. The van der Waals surface area contributed by atoms with E-state index in [1.165, 1.54) is 23.5 Å². The van der Waals surface area contributed by atoms with Gasteiger partial charge in [0, 0.05) is 26.1 Å². The number of nitrogens with zero attached hydrogens (tertiary/aromatic N) is 1. The predicted octanol–water partition coefficient (Wildman–Crippen LogP) is 2.27. The fourth-order valence-corrected chi connectivity index (χ4v) is 3.99. The summed E-state index contributed by atoms with van der Waals surface area (Å²) >= 11 is 0. The van der Waals surface area contributed by atoms with Gasteiger partial charge >= 0.3 is 0 Å². The van der Waals surface area contributed by atoms with Crippen LogP contribution in [0.2, 0.25) is 0 Å². The molecule has 1 aromatic rings. The average molecular weight is 411 g/mol. The van der Waals surface area contributed by atoms with E-state index in [4.69, 9.17) is 15.2 Å². The van der Waals surface area contributed by atoms with Crippen molar-refractivity contribution < 1.29 is 22.3 Å². The van der Waals surface area contributed by atoms with Crippen LogP contribution in [0.1, 0.15) is 20.3 Å². The maximum Gasteiger partial charge on any atom is 0.242 e. The van der Waals surface area contributed by atoms with Crippen molar-refractivity contribution in [1.82, 2.24) is 4.31 Å². The van der Waals surface area contributed by atoms with Crippen LogP contribution in [-0.2, 0) is 14.8 Å². The largest absolute Gasteiger partial charge is 0.490 e. The van der Waals surface area contributed by atoms with Gasteiger partial charge < -0.3 is 15.2 Å². The first kappa shape index (κ1) is 23.1. The summed E-state index contributed by atoms with van der Waals surface area (Å²) in [6.45, 7) is 6.00. The van der Waals surface area contributed by atoms with Crippen molar-refractivity contribution in [2.24, 2.45) is 17.1 Å². The topological polar surface area (TPSA) is 81.9 Å². The monoisotopic (exact) mass is 410 g/mol. The van der Waals surface area contributed by atoms with Crippen molar-refractivity contribution in [3.8, 4) is 5.75 Å². The molecule has 150 valence electrons. The fraction of sp³-hybridized carbons (Fsp3) is 0.647. The Kier molecular flexibility index (Phi) is 8.29. The van der Waals surface area contributed by atoms with Crippen molar-refractivity contribution in [1.29, 1.82) is 0 Å². The Hall–Kier alpha value is -0.930. The first-order chi connectivity index (χ1) is 11.7. The summed E-state index contributed by atoms with van der Waals surface area (Å²) in [5.74, 6) is -0.394. The minimum Gasteiger partial charge on any atom is -0.490 e. The molecule has 26 heavy (non-hydrogen) atoms. The number of halogens is 2. The minimum absolute atomic E-state index is 0. The van der Waals surface area contributed by atoms with Gasteiger partial charge in [-0.15, -0.1) is 12.4 Å². The number of nitrogens with two attached hydrogens (primary N) is 1. The Morgan fingerprint density at radius 3 is 2.65 bits per heavy atom. The van der Waals surface area contributed by atoms with E-state index in [2.05, 4.69) is 0 Å². The van der Waals surface area contributed by atoms with Gasteiger partial charge in [-0.1, -0.05) is 13.8 Å². The van der Waals surface area contributed by atoms with Gasteiger partial charge in [0.15, 0.2) is 11.6 Å². The second-order valence-corrected chi connectivity index (χ2v) is 9.31. The summed E-state index contributed by atoms with van der Waals surface area (Å²) < 4.78 is 51.4. The molecule has 1 aliphatic rings. The molecule has 1 fully saturated rings. The molecule has 0 amide bonds. The molecular weight excluding hydrogens is 383 g/mol. The third-order valence-corrected chi connectivity index (χ3v) is 6.11. The molecule has 0 spiro atoms. The summed E-state index contributed by atoms with van der Waals surface area (Å²) in [6, 6.07) is 3.73. The second kappa shape index (κ2) is 9.32. The molecule has 6 nitrogen and oxygen atoms in total. The summed E-state index contributed by atoms with van der Waals surface area (Å²) in [6.07, 6.45) is 0.885. The third kappa shape index (κ3) is 5.79. The van der Waals surface area contributed by atoms with Crippen LogP contribution in [0.3, 0.4) is 0 Å². The van der Waals surface area contributed by atoms with E-state index in [1.54, 1.807) is 0 Å². The molecule has 1 saturated heterocycles. The molecule has 1 aliphatic heterocycles. The normalized spacial score (nSPS) is 18.0. The van der Waals surface area contributed by atoms with Gasteiger partial charge in [-0.3, -0.25) is 0 Å². The first-order valence-corrected chi connectivity index (χ1v) is 9.76. The second-order valence-electron chi connectivity index (χ2n) is 7.26. The lowest BCUT2D eigenvalue weighted by atomic mass is 9.94. The van der Waals surface area contributed by atoms with E-state index in [1.807, 2.05) is 13.8 Å². The predicted molar refractivity (Wildman–Crippen MR) is 101 cm³/mol. The lowest BCUT2D eigenvalue weighted by Crippen LogP contribution is -2.39. The molecule has 1 aromatic carbocycles. The van der Waals surface area contributed by atoms with E-state index in [9.17, 15) is 12.8 Å². The maximum absolute atomic E-state index is 14.3. The molecule has 0 bridgehead atoms. The molecule has 9 heteroatoms. The molecule has 0 saturated carbocycles. The highest BCUT2D eigenvalue weighted by Crippen LogP contribution is 2.26.